The van der Waals surface area contributed by atoms with Gasteiger partial charge in [-0.15, -0.1) is 0 Å². The highest BCUT2D eigenvalue weighted by Crippen LogP contribution is 2.33. The second-order valence-corrected chi connectivity index (χ2v) is 5.31. The molecule has 1 aromatic carbocycles. The molecule has 0 radical (unpaired) electrons. The molecule has 2 aliphatic rings. The highest BCUT2D eigenvalue weighted by atomic mass is 14.9. The molecule has 2 aliphatic carbocycles. The molecule has 0 aliphatic heterocycles. The van der Waals surface area contributed by atoms with Gasteiger partial charge in [-0.3, -0.25) is 0 Å². The zero-order chi connectivity index (χ0) is 11.5. The van der Waals surface area contributed by atoms with Crippen LogP contribution in [0.1, 0.15) is 42.7 Å². The Balaban J connectivity index is 1.39. The molecule has 1 nitrogen and oxygen atoms in total. The van der Waals surface area contributed by atoms with E-state index in [1.54, 1.807) is 16.7 Å². The van der Waals surface area contributed by atoms with Crippen molar-refractivity contribution >= 4 is 0 Å². The molecule has 0 amide bonds. The SMILES string of the molecule is C1=C(CCNCC2Cc3ccccc32)CCC1. The van der Waals surface area contributed by atoms with Gasteiger partial charge in [-0.1, -0.05) is 35.9 Å². The van der Waals surface area contributed by atoms with E-state index in [-0.39, 0.29) is 0 Å². The minimum absolute atomic E-state index is 0.767. The summed E-state index contributed by atoms with van der Waals surface area (Å²) in [5.41, 5.74) is 4.80. The van der Waals surface area contributed by atoms with E-state index in [2.05, 4.69) is 35.7 Å². The Labute approximate surface area is 104 Å². The van der Waals surface area contributed by atoms with Crippen molar-refractivity contribution in [2.75, 3.05) is 13.1 Å². The van der Waals surface area contributed by atoms with E-state index in [1.807, 2.05) is 0 Å². The summed E-state index contributed by atoms with van der Waals surface area (Å²) in [5, 5.41) is 3.61. The average molecular weight is 227 g/mol. The van der Waals surface area contributed by atoms with Crippen molar-refractivity contribution < 1.29 is 0 Å². The first-order valence-corrected chi connectivity index (χ1v) is 6.90. The summed E-state index contributed by atoms with van der Waals surface area (Å²) in [7, 11) is 0. The largest absolute Gasteiger partial charge is 0.316 e. The Morgan fingerprint density at radius 2 is 2.18 bits per heavy atom. The van der Waals surface area contributed by atoms with E-state index in [9.17, 15) is 0 Å². The summed E-state index contributed by atoms with van der Waals surface area (Å²) < 4.78 is 0. The molecule has 0 saturated heterocycles. The van der Waals surface area contributed by atoms with Crippen LogP contribution in [0.15, 0.2) is 35.9 Å². The highest BCUT2D eigenvalue weighted by molar-refractivity contribution is 5.40. The molecule has 0 aromatic heterocycles. The number of benzene rings is 1. The van der Waals surface area contributed by atoms with Gasteiger partial charge >= 0.3 is 0 Å². The maximum atomic E-state index is 3.61. The normalized spacial score (nSPS) is 21.9. The monoisotopic (exact) mass is 227 g/mol. The molecule has 0 saturated carbocycles. The van der Waals surface area contributed by atoms with Crippen molar-refractivity contribution in [2.45, 2.75) is 38.0 Å². The van der Waals surface area contributed by atoms with E-state index in [0.29, 0.717) is 0 Å². The Morgan fingerprint density at radius 1 is 1.24 bits per heavy atom. The van der Waals surface area contributed by atoms with Crippen LogP contribution in [0, 0.1) is 0 Å². The van der Waals surface area contributed by atoms with Gasteiger partial charge in [0.25, 0.3) is 0 Å². The molecular formula is C16H21N. The molecule has 3 rings (SSSR count). The number of nitrogens with one attached hydrogen (secondary N) is 1. The van der Waals surface area contributed by atoms with Gasteiger partial charge in [-0.2, -0.15) is 0 Å². The molecule has 1 N–H and O–H groups in total. The molecule has 0 fully saturated rings. The average Bonchev–Trinajstić information content (AvgIpc) is 2.82. The molecule has 17 heavy (non-hydrogen) atoms. The zero-order valence-electron chi connectivity index (χ0n) is 10.4. The number of hydrogen-bond acceptors (Lipinski definition) is 1. The fourth-order valence-electron chi connectivity index (χ4n) is 3.03. The highest BCUT2D eigenvalue weighted by Gasteiger charge is 2.24. The van der Waals surface area contributed by atoms with Gasteiger partial charge in [0, 0.05) is 12.5 Å². The first kappa shape index (κ1) is 11.0. The van der Waals surface area contributed by atoms with Gasteiger partial charge in [0.05, 0.1) is 0 Å². The van der Waals surface area contributed by atoms with Crippen molar-refractivity contribution in [1.29, 1.82) is 0 Å². The number of rotatable bonds is 5. The van der Waals surface area contributed by atoms with Gasteiger partial charge in [-0.25, -0.2) is 0 Å². The maximum absolute atomic E-state index is 3.61. The van der Waals surface area contributed by atoms with Crippen molar-refractivity contribution in [3.8, 4) is 0 Å². The van der Waals surface area contributed by atoms with Crippen LogP contribution in [-0.2, 0) is 6.42 Å². The first-order chi connectivity index (χ1) is 8.43. The van der Waals surface area contributed by atoms with Gasteiger partial charge < -0.3 is 5.32 Å². The van der Waals surface area contributed by atoms with E-state index < -0.39 is 0 Å². The second-order valence-electron chi connectivity index (χ2n) is 5.31. The molecule has 0 spiro atoms. The maximum Gasteiger partial charge on any atom is 0.00235 e. The van der Waals surface area contributed by atoms with Crippen LogP contribution >= 0.6 is 0 Å². The Bertz CT molecular complexity index is 419. The predicted molar refractivity (Wildman–Crippen MR) is 72.3 cm³/mol. The minimum atomic E-state index is 0.767. The topological polar surface area (TPSA) is 12.0 Å². The van der Waals surface area contributed by atoms with Gasteiger partial charge in [0.2, 0.25) is 0 Å². The third-order valence-corrected chi connectivity index (χ3v) is 4.11. The molecule has 1 unspecified atom stereocenters. The van der Waals surface area contributed by atoms with Gasteiger partial charge in [0.1, 0.15) is 0 Å². The summed E-state index contributed by atoms with van der Waals surface area (Å²) in [5.74, 6) is 0.767. The van der Waals surface area contributed by atoms with E-state index in [0.717, 1.165) is 19.0 Å². The Hall–Kier alpha value is -1.08. The fourth-order valence-corrected chi connectivity index (χ4v) is 3.03. The molecular weight excluding hydrogens is 206 g/mol. The number of fused-ring (bicyclic) bond motifs is 1. The second kappa shape index (κ2) is 5.05. The third-order valence-electron chi connectivity index (χ3n) is 4.11. The van der Waals surface area contributed by atoms with Crippen molar-refractivity contribution in [1.82, 2.24) is 5.32 Å². The van der Waals surface area contributed by atoms with Gasteiger partial charge in [-0.05, 0) is 49.8 Å². The summed E-state index contributed by atoms with van der Waals surface area (Å²) in [6.45, 7) is 2.31. The van der Waals surface area contributed by atoms with E-state index in [1.165, 1.54) is 32.1 Å². The van der Waals surface area contributed by atoms with E-state index >= 15 is 0 Å². The van der Waals surface area contributed by atoms with Crippen LogP contribution in [0.3, 0.4) is 0 Å². The lowest BCUT2D eigenvalue weighted by atomic mass is 9.77. The van der Waals surface area contributed by atoms with Crippen molar-refractivity contribution in [2.24, 2.45) is 0 Å². The smallest absolute Gasteiger partial charge is 0.00235 e. The predicted octanol–water partition coefficient (Wildman–Crippen LogP) is 3.42. The van der Waals surface area contributed by atoms with Crippen LogP contribution < -0.4 is 5.32 Å². The lowest BCUT2D eigenvalue weighted by Gasteiger charge is -2.30. The van der Waals surface area contributed by atoms with Crippen LogP contribution in [-0.4, -0.2) is 13.1 Å². The van der Waals surface area contributed by atoms with Crippen molar-refractivity contribution in [3.05, 3.63) is 47.0 Å². The first-order valence-electron chi connectivity index (χ1n) is 6.90. The molecule has 1 atom stereocenters. The summed E-state index contributed by atoms with van der Waals surface area (Å²) in [6.07, 6.45) is 8.99. The quantitative estimate of drug-likeness (QED) is 0.600. The van der Waals surface area contributed by atoms with Gasteiger partial charge in [0.15, 0.2) is 0 Å². The Morgan fingerprint density at radius 3 is 3.00 bits per heavy atom. The lowest BCUT2D eigenvalue weighted by Crippen LogP contribution is -2.29. The molecule has 1 aromatic rings. The van der Waals surface area contributed by atoms with E-state index in [4.69, 9.17) is 0 Å². The van der Waals surface area contributed by atoms with Crippen LogP contribution in [0.4, 0.5) is 0 Å². The Kier molecular flexibility index (Phi) is 3.28. The summed E-state index contributed by atoms with van der Waals surface area (Å²) >= 11 is 0. The third kappa shape index (κ3) is 2.44. The molecule has 1 heteroatoms. The van der Waals surface area contributed by atoms with Crippen LogP contribution in [0.25, 0.3) is 0 Å². The number of hydrogen-bond donors (Lipinski definition) is 1. The fraction of sp³-hybridized carbons (Fsp3) is 0.500. The van der Waals surface area contributed by atoms with Crippen LogP contribution in [0.5, 0.6) is 0 Å². The standard InChI is InChI=1S/C16H21N/c1-2-6-13(5-1)9-10-17-12-15-11-14-7-3-4-8-16(14)15/h3-5,7-8,15,17H,1-2,6,9-12H2. The zero-order valence-corrected chi connectivity index (χ0v) is 10.4. The molecule has 90 valence electrons. The molecule has 0 heterocycles. The summed E-state index contributed by atoms with van der Waals surface area (Å²) in [6, 6.07) is 8.85. The van der Waals surface area contributed by atoms with Crippen LogP contribution in [0.2, 0.25) is 0 Å². The lowest BCUT2D eigenvalue weighted by molar-refractivity contribution is 0.536. The summed E-state index contributed by atoms with van der Waals surface area (Å²) in [4.78, 5) is 0. The minimum Gasteiger partial charge on any atom is -0.316 e. The molecule has 0 bridgehead atoms. The number of allylic oxidation sites excluding steroid dienone is 1. The van der Waals surface area contributed by atoms with Crippen molar-refractivity contribution in [3.63, 3.8) is 0 Å².